The zero-order chi connectivity index (χ0) is 20.4. The van der Waals surface area contributed by atoms with Crippen LogP contribution in [0.1, 0.15) is 29.0 Å². The third kappa shape index (κ3) is 4.15. The van der Waals surface area contributed by atoms with Crippen LogP contribution in [-0.4, -0.2) is 42.1 Å². The highest BCUT2D eigenvalue weighted by molar-refractivity contribution is 5.86. The number of fused-ring (bicyclic) bond motifs is 1. The molecule has 4 rings (SSSR count). The Balaban J connectivity index is 1.74. The standard InChI is InChI=1S/C22H21F3N2O2/c23-22(24,25)16-5-3-4-15(12-16)18(13-21(28)27-8-10-29-11-9-27)19-14-26-20-7-2-1-6-17(19)20/h1-7,12,14,18,26H,8-11,13H2. The Morgan fingerprint density at radius 1 is 1.10 bits per heavy atom. The number of rotatable bonds is 4. The van der Waals surface area contributed by atoms with Gasteiger partial charge in [-0.2, -0.15) is 13.2 Å². The highest BCUT2D eigenvalue weighted by Crippen LogP contribution is 2.37. The number of morpholine rings is 1. The van der Waals surface area contributed by atoms with Gasteiger partial charge in [0.2, 0.25) is 5.91 Å². The first-order valence-corrected chi connectivity index (χ1v) is 9.52. The lowest BCUT2D eigenvalue weighted by Crippen LogP contribution is -2.41. The van der Waals surface area contributed by atoms with E-state index in [4.69, 9.17) is 4.74 Å². The predicted molar refractivity (Wildman–Crippen MR) is 104 cm³/mol. The minimum absolute atomic E-state index is 0.0824. The largest absolute Gasteiger partial charge is 0.416 e. The van der Waals surface area contributed by atoms with Crippen LogP contribution in [0.3, 0.4) is 0 Å². The third-order valence-corrected chi connectivity index (χ3v) is 5.36. The fourth-order valence-corrected chi connectivity index (χ4v) is 3.84. The Kier molecular flexibility index (Phi) is 5.32. The molecule has 1 saturated heterocycles. The molecule has 1 fully saturated rings. The number of ether oxygens (including phenoxy) is 1. The van der Waals surface area contributed by atoms with Crippen molar-refractivity contribution in [2.45, 2.75) is 18.5 Å². The van der Waals surface area contributed by atoms with Crippen LogP contribution in [-0.2, 0) is 15.7 Å². The SMILES string of the molecule is O=C(CC(c1cccc(C(F)(F)F)c1)c1c[nH]c2ccccc12)N1CCOCC1. The van der Waals surface area contributed by atoms with E-state index in [-0.39, 0.29) is 12.3 Å². The molecule has 7 heteroatoms. The maximum Gasteiger partial charge on any atom is 0.416 e. The number of hydrogen-bond donors (Lipinski definition) is 1. The van der Waals surface area contributed by atoms with E-state index in [1.54, 1.807) is 17.2 Å². The van der Waals surface area contributed by atoms with Crippen LogP contribution in [0.2, 0.25) is 0 Å². The van der Waals surface area contributed by atoms with Crippen molar-refractivity contribution in [2.24, 2.45) is 0 Å². The highest BCUT2D eigenvalue weighted by Gasteiger charge is 2.32. The normalized spacial score (nSPS) is 16.2. The number of nitrogens with one attached hydrogen (secondary N) is 1. The van der Waals surface area contributed by atoms with E-state index in [1.807, 2.05) is 24.3 Å². The van der Waals surface area contributed by atoms with Crippen molar-refractivity contribution in [1.82, 2.24) is 9.88 Å². The molecule has 0 aliphatic carbocycles. The molecular formula is C22H21F3N2O2. The molecule has 1 aliphatic rings. The number of amides is 1. The van der Waals surface area contributed by atoms with Crippen molar-refractivity contribution < 1.29 is 22.7 Å². The summed E-state index contributed by atoms with van der Waals surface area (Å²) in [6.07, 6.45) is -2.54. The second-order valence-corrected chi connectivity index (χ2v) is 7.16. The van der Waals surface area contributed by atoms with Gasteiger partial charge >= 0.3 is 6.18 Å². The van der Waals surface area contributed by atoms with Gasteiger partial charge in [-0.15, -0.1) is 0 Å². The Morgan fingerprint density at radius 3 is 2.62 bits per heavy atom. The molecule has 152 valence electrons. The van der Waals surface area contributed by atoms with E-state index >= 15 is 0 Å². The molecule has 1 amide bonds. The van der Waals surface area contributed by atoms with Crippen LogP contribution in [0.5, 0.6) is 0 Å². The van der Waals surface area contributed by atoms with E-state index in [2.05, 4.69) is 4.98 Å². The molecule has 2 aromatic carbocycles. The van der Waals surface area contributed by atoms with E-state index < -0.39 is 17.7 Å². The van der Waals surface area contributed by atoms with E-state index in [1.165, 1.54) is 6.07 Å². The number of aromatic amines is 1. The van der Waals surface area contributed by atoms with Gasteiger partial charge in [-0.05, 0) is 23.3 Å². The first kappa shape index (κ1) is 19.5. The van der Waals surface area contributed by atoms with Crippen LogP contribution < -0.4 is 0 Å². The average molecular weight is 402 g/mol. The zero-order valence-electron chi connectivity index (χ0n) is 15.7. The van der Waals surface area contributed by atoms with Gasteiger partial charge in [0.1, 0.15) is 0 Å². The van der Waals surface area contributed by atoms with Crippen molar-refractivity contribution in [1.29, 1.82) is 0 Å². The molecule has 1 aromatic heterocycles. The van der Waals surface area contributed by atoms with E-state index in [0.29, 0.717) is 31.9 Å². The van der Waals surface area contributed by atoms with Crippen molar-refractivity contribution in [3.8, 4) is 0 Å². The van der Waals surface area contributed by atoms with Gasteiger partial charge in [0, 0.05) is 42.5 Å². The first-order chi connectivity index (χ1) is 13.9. The summed E-state index contributed by atoms with van der Waals surface area (Å²) in [5.74, 6) is -0.565. The van der Waals surface area contributed by atoms with Crippen LogP contribution in [0.25, 0.3) is 10.9 Å². The fourth-order valence-electron chi connectivity index (χ4n) is 3.84. The molecule has 2 heterocycles. The minimum Gasteiger partial charge on any atom is -0.378 e. The summed E-state index contributed by atoms with van der Waals surface area (Å²) in [6, 6.07) is 12.9. The molecule has 4 nitrogen and oxygen atoms in total. The number of H-pyrrole nitrogens is 1. The summed E-state index contributed by atoms with van der Waals surface area (Å²) in [4.78, 5) is 17.8. The number of hydrogen-bond acceptors (Lipinski definition) is 2. The van der Waals surface area contributed by atoms with E-state index in [9.17, 15) is 18.0 Å². The molecule has 0 bridgehead atoms. The quantitative estimate of drug-likeness (QED) is 0.695. The second-order valence-electron chi connectivity index (χ2n) is 7.16. The van der Waals surface area contributed by atoms with Crippen LogP contribution in [0.15, 0.2) is 54.7 Å². The lowest BCUT2D eigenvalue weighted by Gasteiger charge is -2.29. The van der Waals surface area contributed by atoms with Crippen LogP contribution in [0, 0.1) is 0 Å². The maximum atomic E-state index is 13.3. The van der Waals surface area contributed by atoms with Crippen molar-refractivity contribution in [2.75, 3.05) is 26.3 Å². The fraction of sp³-hybridized carbons (Fsp3) is 0.318. The van der Waals surface area contributed by atoms with E-state index in [0.717, 1.165) is 28.6 Å². The maximum absolute atomic E-state index is 13.3. The lowest BCUT2D eigenvalue weighted by atomic mass is 9.87. The summed E-state index contributed by atoms with van der Waals surface area (Å²) in [5, 5.41) is 0.907. The van der Waals surface area contributed by atoms with Gasteiger partial charge < -0.3 is 14.6 Å². The topological polar surface area (TPSA) is 45.3 Å². The zero-order valence-corrected chi connectivity index (χ0v) is 15.7. The van der Waals surface area contributed by atoms with Gasteiger partial charge in [0.05, 0.1) is 18.8 Å². The Bertz CT molecular complexity index is 1010. The molecule has 1 aliphatic heterocycles. The van der Waals surface area contributed by atoms with Gasteiger partial charge in [-0.25, -0.2) is 0 Å². The molecule has 0 spiro atoms. The molecule has 0 saturated carbocycles. The van der Waals surface area contributed by atoms with Gasteiger partial charge in [-0.1, -0.05) is 36.4 Å². The molecule has 0 radical (unpaired) electrons. The summed E-state index contributed by atoms with van der Waals surface area (Å²) in [6.45, 7) is 1.96. The number of carbonyl (C=O) groups excluding carboxylic acids is 1. The van der Waals surface area contributed by atoms with Gasteiger partial charge in [0.25, 0.3) is 0 Å². The van der Waals surface area contributed by atoms with Crippen molar-refractivity contribution in [3.05, 3.63) is 71.4 Å². The number of benzene rings is 2. The summed E-state index contributed by atoms with van der Waals surface area (Å²) in [5.41, 5.74) is 1.48. The molecule has 1 N–H and O–H groups in total. The Hall–Kier alpha value is -2.80. The summed E-state index contributed by atoms with van der Waals surface area (Å²) < 4.78 is 45.2. The molecular weight excluding hydrogens is 381 g/mol. The Labute approximate surface area is 166 Å². The second kappa shape index (κ2) is 7.91. The molecule has 3 aromatic rings. The monoisotopic (exact) mass is 402 g/mol. The number of halogens is 3. The van der Waals surface area contributed by atoms with Crippen LogP contribution >= 0.6 is 0 Å². The molecule has 1 atom stereocenters. The Morgan fingerprint density at radius 2 is 1.86 bits per heavy atom. The lowest BCUT2D eigenvalue weighted by molar-refractivity contribution is -0.137. The third-order valence-electron chi connectivity index (χ3n) is 5.36. The van der Waals surface area contributed by atoms with Crippen molar-refractivity contribution >= 4 is 16.8 Å². The highest BCUT2D eigenvalue weighted by atomic mass is 19.4. The average Bonchev–Trinajstić information content (AvgIpc) is 3.16. The first-order valence-electron chi connectivity index (χ1n) is 9.52. The molecule has 1 unspecified atom stereocenters. The summed E-state index contributed by atoms with van der Waals surface area (Å²) in [7, 11) is 0. The number of nitrogens with zero attached hydrogens (tertiary/aromatic N) is 1. The number of para-hydroxylation sites is 1. The number of aromatic nitrogens is 1. The van der Waals surface area contributed by atoms with Crippen LogP contribution in [0.4, 0.5) is 13.2 Å². The number of alkyl halides is 3. The number of carbonyl (C=O) groups is 1. The summed E-state index contributed by atoms with van der Waals surface area (Å²) >= 11 is 0. The predicted octanol–water partition coefficient (Wildman–Crippen LogP) is 4.57. The minimum atomic E-state index is -4.44. The molecule has 29 heavy (non-hydrogen) atoms. The van der Waals surface area contributed by atoms with Gasteiger partial charge in [0.15, 0.2) is 0 Å². The smallest absolute Gasteiger partial charge is 0.378 e. The van der Waals surface area contributed by atoms with Crippen molar-refractivity contribution in [3.63, 3.8) is 0 Å². The van der Waals surface area contributed by atoms with Gasteiger partial charge in [-0.3, -0.25) is 4.79 Å².